The summed E-state index contributed by atoms with van der Waals surface area (Å²) in [6, 6.07) is 6.00. The topological polar surface area (TPSA) is 44.5 Å². The summed E-state index contributed by atoms with van der Waals surface area (Å²) in [6.07, 6.45) is 3.47. The summed E-state index contributed by atoms with van der Waals surface area (Å²) in [4.78, 5) is 0. The van der Waals surface area contributed by atoms with Gasteiger partial charge in [0.1, 0.15) is 11.5 Å². The normalized spacial score (nSPS) is 31.0. The quantitative estimate of drug-likeness (QED) is 0.910. The molecule has 0 saturated heterocycles. The molecule has 0 spiro atoms. The van der Waals surface area contributed by atoms with Gasteiger partial charge in [-0.2, -0.15) is 0 Å². The summed E-state index contributed by atoms with van der Waals surface area (Å²) in [5.41, 5.74) is 7.60. The third-order valence-electron chi connectivity index (χ3n) is 4.80. The molecule has 1 saturated carbocycles. The molecule has 1 aliphatic rings. The minimum Gasteiger partial charge on any atom is -0.497 e. The lowest BCUT2D eigenvalue weighted by atomic mass is 9.66. The Kier molecular flexibility index (Phi) is 4.04. The van der Waals surface area contributed by atoms with E-state index in [1.54, 1.807) is 14.2 Å². The molecule has 0 heterocycles. The number of nitrogens with two attached hydrogens (primary N) is 1. The van der Waals surface area contributed by atoms with Crippen LogP contribution < -0.4 is 15.2 Å². The molecule has 3 heteroatoms. The van der Waals surface area contributed by atoms with Crippen LogP contribution in [0.2, 0.25) is 0 Å². The highest BCUT2D eigenvalue weighted by Gasteiger charge is 2.40. The molecule has 1 fully saturated rings. The standard InChI is InChI=1S/C16H25NO2/c1-11-6-5-7-16(17,12(11)2)13-8-14(18-3)10-15(9-13)19-4/h8-12H,5-7,17H2,1-4H3. The highest BCUT2D eigenvalue weighted by atomic mass is 16.5. The minimum atomic E-state index is -0.278. The third-order valence-corrected chi connectivity index (χ3v) is 4.80. The van der Waals surface area contributed by atoms with Gasteiger partial charge in [0, 0.05) is 11.6 Å². The second kappa shape index (κ2) is 5.41. The molecule has 0 amide bonds. The van der Waals surface area contributed by atoms with Crippen LogP contribution in [-0.4, -0.2) is 14.2 Å². The molecular weight excluding hydrogens is 238 g/mol. The Balaban J connectivity index is 2.43. The Labute approximate surface area is 116 Å². The van der Waals surface area contributed by atoms with Crippen molar-refractivity contribution in [2.75, 3.05) is 14.2 Å². The van der Waals surface area contributed by atoms with Gasteiger partial charge in [-0.3, -0.25) is 0 Å². The molecule has 0 aromatic heterocycles. The highest BCUT2D eigenvalue weighted by molar-refractivity contribution is 5.42. The Hall–Kier alpha value is -1.22. The molecule has 106 valence electrons. The van der Waals surface area contributed by atoms with Crippen LogP contribution in [0.4, 0.5) is 0 Å². The Morgan fingerprint density at radius 2 is 1.68 bits per heavy atom. The number of ether oxygens (including phenoxy) is 2. The third kappa shape index (κ3) is 2.57. The zero-order valence-electron chi connectivity index (χ0n) is 12.4. The molecule has 3 unspecified atom stereocenters. The van der Waals surface area contributed by atoms with Gasteiger partial charge in [-0.25, -0.2) is 0 Å². The first-order valence-corrected chi connectivity index (χ1v) is 7.03. The van der Waals surface area contributed by atoms with Gasteiger partial charge in [0.05, 0.1) is 14.2 Å². The highest BCUT2D eigenvalue weighted by Crippen LogP contribution is 2.44. The van der Waals surface area contributed by atoms with Crippen LogP contribution >= 0.6 is 0 Å². The van der Waals surface area contributed by atoms with Crippen molar-refractivity contribution in [2.45, 2.75) is 38.6 Å². The Morgan fingerprint density at radius 1 is 1.11 bits per heavy atom. The fourth-order valence-electron chi connectivity index (χ4n) is 3.19. The Bertz CT molecular complexity index is 424. The number of methoxy groups -OCH3 is 2. The predicted octanol–water partition coefficient (Wildman–Crippen LogP) is 3.31. The summed E-state index contributed by atoms with van der Waals surface area (Å²) >= 11 is 0. The summed E-state index contributed by atoms with van der Waals surface area (Å²) in [7, 11) is 3.35. The minimum absolute atomic E-state index is 0.278. The summed E-state index contributed by atoms with van der Waals surface area (Å²) in [5.74, 6) is 2.73. The fraction of sp³-hybridized carbons (Fsp3) is 0.625. The number of hydrogen-bond acceptors (Lipinski definition) is 3. The lowest BCUT2D eigenvalue weighted by Gasteiger charge is -2.43. The summed E-state index contributed by atoms with van der Waals surface area (Å²) in [5, 5.41) is 0. The van der Waals surface area contributed by atoms with E-state index in [-0.39, 0.29) is 5.54 Å². The molecular formula is C16H25NO2. The van der Waals surface area contributed by atoms with Crippen LogP contribution in [0, 0.1) is 11.8 Å². The van der Waals surface area contributed by atoms with Gasteiger partial charge in [0.25, 0.3) is 0 Å². The van der Waals surface area contributed by atoms with Crippen LogP contribution in [0.5, 0.6) is 11.5 Å². The van der Waals surface area contributed by atoms with Crippen molar-refractivity contribution in [3.8, 4) is 11.5 Å². The SMILES string of the molecule is COc1cc(OC)cc(C2(N)CCCC(C)C2C)c1. The second-order valence-corrected chi connectivity index (χ2v) is 5.80. The van der Waals surface area contributed by atoms with E-state index in [2.05, 4.69) is 26.0 Å². The largest absolute Gasteiger partial charge is 0.497 e. The first-order chi connectivity index (χ1) is 9.01. The maximum atomic E-state index is 6.75. The smallest absolute Gasteiger partial charge is 0.122 e. The lowest BCUT2D eigenvalue weighted by molar-refractivity contribution is 0.143. The van der Waals surface area contributed by atoms with Crippen LogP contribution in [0.25, 0.3) is 0 Å². The van der Waals surface area contributed by atoms with Crippen molar-refractivity contribution in [3.05, 3.63) is 23.8 Å². The van der Waals surface area contributed by atoms with Gasteiger partial charge >= 0.3 is 0 Å². The van der Waals surface area contributed by atoms with E-state index in [1.807, 2.05) is 6.07 Å². The molecule has 0 bridgehead atoms. The first kappa shape index (κ1) is 14.2. The molecule has 1 aliphatic carbocycles. The monoisotopic (exact) mass is 263 g/mol. The van der Waals surface area contributed by atoms with Crippen molar-refractivity contribution in [1.82, 2.24) is 0 Å². The molecule has 2 N–H and O–H groups in total. The maximum absolute atomic E-state index is 6.75. The summed E-state index contributed by atoms with van der Waals surface area (Å²) in [6.45, 7) is 4.55. The van der Waals surface area contributed by atoms with E-state index in [1.165, 1.54) is 12.8 Å². The van der Waals surface area contributed by atoms with E-state index in [0.717, 1.165) is 23.5 Å². The molecule has 1 aromatic rings. The number of hydrogen-bond donors (Lipinski definition) is 1. The van der Waals surface area contributed by atoms with E-state index in [9.17, 15) is 0 Å². The number of rotatable bonds is 3. The predicted molar refractivity (Wildman–Crippen MR) is 77.6 cm³/mol. The van der Waals surface area contributed by atoms with E-state index in [4.69, 9.17) is 15.2 Å². The van der Waals surface area contributed by atoms with Crippen LogP contribution in [0.3, 0.4) is 0 Å². The molecule has 3 nitrogen and oxygen atoms in total. The van der Waals surface area contributed by atoms with Crippen LogP contribution in [0.15, 0.2) is 18.2 Å². The van der Waals surface area contributed by atoms with Gasteiger partial charge in [0.15, 0.2) is 0 Å². The molecule has 19 heavy (non-hydrogen) atoms. The van der Waals surface area contributed by atoms with E-state index in [0.29, 0.717) is 11.8 Å². The van der Waals surface area contributed by atoms with Gasteiger partial charge < -0.3 is 15.2 Å². The van der Waals surface area contributed by atoms with Crippen molar-refractivity contribution < 1.29 is 9.47 Å². The zero-order valence-corrected chi connectivity index (χ0v) is 12.4. The average molecular weight is 263 g/mol. The van der Waals surface area contributed by atoms with Crippen LogP contribution in [0.1, 0.15) is 38.7 Å². The van der Waals surface area contributed by atoms with Gasteiger partial charge in [-0.1, -0.05) is 26.7 Å². The van der Waals surface area contributed by atoms with Crippen LogP contribution in [-0.2, 0) is 5.54 Å². The average Bonchev–Trinajstić information content (AvgIpc) is 2.44. The molecule has 0 aliphatic heterocycles. The zero-order chi connectivity index (χ0) is 14.0. The summed E-state index contributed by atoms with van der Waals surface area (Å²) < 4.78 is 10.7. The van der Waals surface area contributed by atoms with Gasteiger partial charge in [-0.15, -0.1) is 0 Å². The number of benzene rings is 1. The van der Waals surface area contributed by atoms with E-state index >= 15 is 0 Å². The second-order valence-electron chi connectivity index (χ2n) is 5.80. The maximum Gasteiger partial charge on any atom is 0.122 e. The van der Waals surface area contributed by atoms with Gasteiger partial charge in [-0.05, 0) is 36.0 Å². The van der Waals surface area contributed by atoms with Crippen molar-refractivity contribution in [3.63, 3.8) is 0 Å². The lowest BCUT2D eigenvalue weighted by Crippen LogP contribution is -2.48. The van der Waals surface area contributed by atoms with E-state index < -0.39 is 0 Å². The van der Waals surface area contributed by atoms with Gasteiger partial charge in [0.2, 0.25) is 0 Å². The molecule has 1 aromatic carbocycles. The first-order valence-electron chi connectivity index (χ1n) is 7.03. The Morgan fingerprint density at radius 3 is 2.21 bits per heavy atom. The fourth-order valence-corrected chi connectivity index (χ4v) is 3.19. The van der Waals surface area contributed by atoms with Crippen molar-refractivity contribution in [2.24, 2.45) is 17.6 Å². The van der Waals surface area contributed by atoms with Crippen molar-refractivity contribution in [1.29, 1.82) is 0 Å². The molecule has 2 rings (SSSR count). The molecule has 3 atom stereocenters. The van der Waals surface area contributed by atoms with Crippen molar-refractivity contribution >= 4 is 0 Å². The molecule has 0 radical (unpaired) electrons.